The van der Waals surface area contributed by atoms with E-state index in [4.69, 9.17) is 9.47 Å². The standard InChI is InChI=1S/C22H21F3N4O3/c1-31-14-7-8-15(18(13-14)32-2)21(30)29-11-9-28(10-12-29)20-19(22(23,24)25)26-16-5-3-4-6-17(16)27-20/h3-8,13H,9-12H2,1-2H3. The molecule has 1 saturated heterocycles. The van der Waals surface area contributed by atoms with Gasteiger partial charge in [0.05, 0.1) is 30.8 Å². The minimum absolute atomic E-state index is 0.184. The number of anilines is 1. The summed E-state index contributed by atoms with van der Waals surface area (Å²) in [5, 5.41) is 0. The summed E-state index contributed by atoms with van der Waals surface area (Å²) in [6.45, 7) is 0.861. The van der Waals surface area contributed by atoms with Crippen molar-refractivity contribution < 1.29 is 27.4 Å². The SMILES string of the molecule is COc1ccc(C(=O)N2CCN(c3nc4ccccc4nc3C(F)(F)F)CC2)c(OC)c1. The van der Waals surface area contributed by atoms with Gasteiger partial charge in [-0.15, -0.1) is 0 Å². The Kier molecular flexibility index (Phi) is 5.77. The number of alkyl halides is 3. The monoisotopic (exact) mass is 446 g/mol. The topological polar surface area (TPSA) is 67.8 Å². The molecular formula is C22H21F3N4O3. The van der Waals surface area contributed by atoms with Crippen LogP contribution in [0.1, 0.15) is 16.1 Å². The molecule has 0 unspecified atom stereocenters. The van der Waals surface area contributed by atoms with Crippen molar-refractivity contribution in [3.63, 3.8) is 0 Å². The quantitative estimate of drug-likeness (QED) is 0.610. The van der Waals surface area contributed by atoms with Gasteiger partial charge < -0.3 is 19.3 Å². The summed E-state index contributed by atoms with van der Waals surface area (Å²) in [4.78, 5) is 24.2. The van der Waals surface area contributed by atoms with E-state index in [2.05, 4.69) is 9.97 Å². The summed E-state index contributed by atoms with van der Waals surface area (Å²) in [6.07, 6.45) is -4.64. The molecule has 2 aromatic carbocycles. The zero-order valence-electron chi connectivity index (χ0n) is 17.5. The minimum Gasteiger partial charge on any atom is -0.497 e. The van der Waals surface area contributed by atoms with Gasteiger partial charge in [0.25, 0.3) is 5.91 Å². The van der Waals surface area contributed by atoms with Crippen LogP contribution in [0.25, 0.3) is 11.0 Å². The summed E-state index contributed by atoms with van der Waals surface area (Å²) in [5.41, 5.74) is -0.0861. The van der Waals surface area contributed by atoms with E-state index in [1.807, 2.05) is 0 Å². The lowest BCUT2D eigenvalue weighted by Gasteiger charge is -2.36. The molecule has 1 aliphatic rings. The van der Waals surface area contributed by atoms with Gasteiger partial charge in [-0.05, 0) is 24.3 Å². The second-order valence-electron chi connectivity index (χ2n) is 7.23. The largest absolute Gasteiger partial charge is 0.497 e. The maximum atomic E-state index is 13.7. The molecule has 1 aliphatic heterocycles. The summed E-state index contributed by atoms with van der Waals surface area (Å²) in [5.74, 6) is 0.449. The number of aromatic nitrogens is 2. The number of amides is 1. The Morgan fingerprint density at radius 1 is 0.938 bits per heavy atom. The molecule has 0 spiro atoms. The van der Waals surface area contributed by atoms with Crippen LogP contribution >= 0.6 is 0 Å². The Morgan fingerprint density at radius 2 is 1.59 bits per heavy atom. The summed E-state index contributed by atoms with van der Waals surface area (Å²) in [7, 11) is 2.97. The third-order valence-corrected chi connectivity index (χ3v) is 5.33. The molecular weight excluding hydrogens is 425 g/mol. The second-order valence-corrected chi connectivity index (χ2v) is 7.23. The Hall–Kier alpha value is -3.56. The third kappa shape index (κ3) is 4.12. The van der Waals surface area contributed by atoms with Gasteiger partial charge in [-0.25, -0.2) is 9.97 Å². The Labute approximate surface area is 182 Å². The first kappa shape index (κ1) is 21.7. The van der Waals surface area contributed by atoms with Gasteiger partial charge in [0, 0.05) is 32.2 Å². The molecule has 3 aromatic rings. The lowest BCUT2D eigenvalue weighted by atomic mass is 10.1. The van der Waals surface area contributed by atoms with Crippen molar-refractivity contribution in [1.29, 1.82) is 0 Å². The number of nitrogens with zero attached hydrogens (tertiary/aromatic N) is 4. The molecule has 0 aliphatic carbocycles. The molecule has 2 heterocycles. The lowest BCUT2D eigenvalue weighted by molar-refractivity contribution is -0.140. The van der Waals surface area contributed by atoms with Crippen LogP contribution in [-0.4, -0.2) is 61.2 Å². The van der Waals surface area contributed by atoms with E-state index < -0.39 is 11.9 Å². The van der Waals surface area contributed by atoms with Crippen molar-refractivity contribution in [3.8, 4) is 11.5 Å². The highest BCUT2D eigenvalue weighted by Gasteiger charge is 2.39. The number of para-hydroxylation sites is 2. The van der Waals surface area contributed by atoms with E-state index in [-0.39, 0.29) is 43.4 Å². The molecule has 1 amide bonds. The van der Waals surface area contributed by atoms with Crippen molar-refractivity contribution in [2.24, 2.45) is 0 Å². The normalized spacial score (nSPS) is 14.5. The highest BCUT2D eigenvalue weighted by Crippen LogP contribution is 2.36. The van der Waals surface area contributed by atoms with Gasteiger partial charge >= 0.3 is 6.18 Å². The predicted octanol–water partition coefficient (Wildman–Crippen LogP) is 3.63. The van der Waals surface area contributed by atoms with Gasteiger partial charge in [0.1, 0.15) is 11.5 Å². The fourth-order valence-corrected chi connectivity index (χ4v) is 3.67. The number of carbonyl (C=O) groups excluding carboxylic acids is 1. The molecule has 7 nitrogen and oxygen atoms in total. The van der Waals surface area contributed by atoms with E-state index in [0.29, 0.717) is 22.6 Å². The van der Waals surface area contributed by atoms with Crippen molar-refractivity contribution in [1.82, 2.24) is 14.9 Å². The molecule has 4 rings (SSSR count). The molecule has 0 bridgehead atoms. The summed E-state index contributed by atoms with van der Waals surface area (Å²) < 4.78 is 51.5. The molecule has 0 saturated carbocycles. The molecule has 0 atom stereocenters. The zero-order valence-corrected chi connectivity index (χ0v) is 17.5. The second kappa shape index (κ2) is 8.52. The molecule has 1 aromatic heterocycles. The van der Waals surface area contributed by atoms with E-state index in [1.165, 1.54) is 25.2 Å². The minimum atomic E-state index is -4.64. The smallest absolute Gasteiger partial charge is 0.437 e. The Balaban J connectivity index is 1.57. The summed E-state index contributed by atoms with van der Waals surface area (Å²) in [6, 6.07) is 11.3. The van der Waals surface area contributed by atoms with Crippen LogP contribution in [-0.2, 0) is 6.18 Å². The van der Waals surface area contributed by atoms with Gasteiger partial charge in [-0.3, -0.25) is 4.79 Å². The maximum Gasteiger partial charge on any atom is 0.437 e. The summed E-state index contributed by atoms with van der Waals surface area (Å²) >= 11 is 0. The average molecular weight is 446 g/mol. The average Bonchev–Trinajstić information content (AvgIpc) is 2.81. The first-order valence-electron chi connectivity index (χ1n) is 9.92. The zero-order chi connectivity index (χ0) is 22.9. The maximum absolute atomic E-state index is 13.7. The fourth-order valence-electron chi connectivity index (χ4n) is 3.67. The lowest BCUT2D eigenvalue weighted by Crippen LogP contribution is -2.49. The van der Waals surface area contributed by atoms with Gasteiger partial charge in [0.15, 0.2) is 11.5 Å². The van der Waals surface area contributed by atoms with Gasteiger partial charge in [-0.1, -0.05) is 12.1 Å². The number of benzene rings is 2. The number of fused-ring (bicyclic) bond motifs is 1. The predicted molar refractivity (Wildman–Crippen MR) is 112 cm³/mol. The van der Waals surface area contributed by atoms with Crippen molar-refractivity contribution >= 4 is 22.8 Å². The first-order chi connectivity index (χ1) is 15.3. The molecule has 0 radical (unpaired) electrons. The third-order valence-electron chi connectivity index (χ3n) is 5.33. The molecule has 0 N–H and O–H groups in total. The van der Waals surface area contributed by atoms with Crippen LogP contribution in [0.4, 0.5) is 19.0 Å². The van der Waals surface area contributed by atoms with E-state index in [9.17, 15) is 18.0 Å². The molecule has 168 valence electrons. The molecule has 10 heteroatoms. The van der Waals surface area contributed by atoms with Crippen LogP contribution in [0, 0.1) is 0 Å². The highest BCUT2D eigenvalue weighted by molar-refractivity contribution is 5.97. The van der Waals surface area contributed by atoms with Crippen LogP contribution < -0.4 is 14.4 Å². The van der Waals surface area contributed by atoms with Gasteiger partial charge in [0.2, 0.25) is 0 Å². The van der Waals surface area contributed by atoms with Gasteiger partial charge in [-0.2, -0.15) is 13.2 Å². The number of hydrogen-bond donors (Lipinski definition) is 0. The fraction of sp³-hybridized carbons (Fsp3) is 0.318. The van der Waals surface area contributed by atoms with Crippen molar-refractivity contribution in [3.05, 3.63) is 53.7 Å². The molecule has 1 fully saturated rings. The van der Waals surface area contributed by atoms with E-state index in [1.54, 1.807) is 41.3 Å². The highest BCUT2D eigenvalue weighted by atomic mass is 19.4. The number of ether oxygens (including phenoxy) is 2. The van der Waals surface area contributed by atoms with E-state index in [0.717, 1.165) is 0 Å². The van der Waals surface area contributed by atoms with Crippen LogP contribution in [0.15, 0.2) is 42.5 Å². The Bertz CT molecular complexity index is 1140. The van der Waals surface area contributed by atoms with Crippen LogP contribution in [0.5, 0.6) is 11.5 Å². The van der Waals surface area contributed by atoms with E-state index >= 15 is 0 Å². The molecule has 32 heavy (non-hydrogen) atoms. The van der Waals surface area contributed by atoms with Crippen molar-refractivity contribution in [2.45, 2.75) is 6.18 Å². The number of rotatable bonds is 4. The number of halogens is 3. The van der Waals surface area contributed by atoms with Crippen LogP contribution in [0.3, 0.4) is 0 Å². The number of hydrogen-bond acceptors (Lipinski definition) is 6. The number of carbonyl (C=O) groups is 1. The van der Waals surface area contributed by atoms with Crippen LogP contribution in [0.2, 0.25) is 0 Å². The van der Waals surface area contributed by atoms with Crippen molar-refractivity contribution in [2.75, 3.05) is 45.3 Å². The number of piperazine rings is 1. The number of methoxy groups -OCH3 is 2. The first-order valence-corrected chi connectivity index (χ1v) is 9.92. The Morgan fingerprint density at radius 3 is 2.19 bits per heavy atom.